The van der Waals surface area contributed by atoms with Crippen molar-refractivity contribution in [2.45, 2.75) is 33.6 Å². The maximum atomic E-state index is 12.2. The fourth-order valence-corrected chi connectivity index (χ4v) is 2.42. The number of hydrogen-bond acceptors (Lipinski definition) is 4. The molecule has 0 radical (unpaired) electrons. The zero-order chi connectivity index (χ0) is 13.3. The Kier molecular flexibility index (Phi) is 3.43. The molecule has 2 rings (SSSR count). The highest BCUT2D eigenvalue weighted by molar-refractivity contribution is 5.79. The van der Waals surface area contributed by atoms with E-state index < -0.39 is 0 Å². The van der Waals surface area contributed by atoms with Crippen molar-refractivity contribution in [1.29, 1.82) is 0 Å². The van der Waals surface area contributed by atoms with Crippen LogP contribution in [0.4, 0.5) is 0 Å². The molecule has 1 aromatic rings. The fourth-order valence-electron chi connectivity index (χ4n) is 2.42. The highest BCUT2D eigenvalue weighted by Gasteiger charge is 2.35. The Balaban J connectivity index is 2.02. The molecule has 1 aliphatic heterocycles. The van der Waals surface area contributed by atoms with Crippen molar-refractivity contribution in [3.8, 4) is 0 Å². The smallest absolute Gasteiger partial charge is 0.227 e. The Hall–Kier alpha value is -1.36. The van der Waals surface area contributed by atoms with Gasteiger partial charge in [-0.3, -0.25) is 4.79 Å². The number of nitrogens with two attached hydrogens (primary N) is 1. The van der Waals surface area contributed by atoms with Gasteiger partial charge in [0.15, 0.2) is 0 Å². The van der Waals surface area contributed by atoms with E-state index in [4.69, 9.17) is 10.3 Å². The first kappa shape index (κ1) is 13.1. The fraction of sp³-hybridized carbons (Fsp3) is 0.692. The van der Waals surface area contributed by atoms with Crippen molar-refractivity contribution >= 4 is 5.91 Å². The first-order chi connectivity index (χ1) is 8.45. The van der Waals surface area contributed by atoms with Crippen LogP contribution >= 0.6 is 0 Å². The number of nitrogens with zero attached hydrogens (tertiary/aromatic N) is 2. The minimum atomic E-state index is 0.0778. The molecule has 1 aliphatic rings. The van der Waals surface area contributed by atoms with Gasteiger partial charge in [-0.05, 0) is 32.2 Å². The topological polar surface area (TPSA) is 72.4 Å². The Morgan fingerprint density at radius 2 is 2.28 bits per heavy atom. The molecule has 2 heterocycles. The molecule has 1 fully saturated rings. The average Bonchev–Trinajstić information content (AvgIpc) is 2.88. The maximum absolute atomic E-state index is 12.2. The Morgan fingerprint density at radius 1 is 1.56 bits per heavy atom. The number of aryl methyl sites for hydroxylation is 2. The van der Waals surface area contributed by atoms with Crippen LogP contribution in [0.5, 0.6) is 0 Å². The number of hydrogen-bond donors (Lipinski definition) is 1. The van der Waals surface area contributed by atoms with Gasteiger partial charge in [-0.25, -0.2) is 0 Å². The van der Waals surface area contributed by atoms with E-state index in [1.807, 2.05) is 18.7 Å². The van der Waals surface area contributed by atoms with Crippen LogP contribution in [0.25, 0.3) is 0 Å². The summed E-state index contributed by atoms with van der Waals surface area (Å²) in [6.07, 6.45) is 1.36. The molecule has 2 N–H and O–H groups in total. The second-order valence-corrected chi connectivity index (χ2v) is 5.56. The largest absolute Gasteiger partial charge is 0.361 e. The quantitative estimate of drug-likeness (QED) is 0.871. The van der Waals surface area contributed by atoms with E-state index >= 15 is 0 Å². The molecular formula is C13H21N3O2. The number of amides is 1. The summed E-state index contributed by atoms with van der Waals surface area (Å²) in [5, 5.41) is 3.87. The normalized spacial score (nSPS) is 23.7. The first-order valence-electron chi connectivity index (χ1n) is 6.35. The second kappa shape index (κ2) is 4.72. The van der Waals surface area contributed by atoms with Gasteiger partial charge in [-0.15, -0.1) is 0 Å². The van der Waals surface area contributed by atoms with Crippen LogP contribution in [0.15, 0.2) is 4.52 Å². The minimum Gasteiger partial charge on any atom is -0.361 e. The Labute approximate surface area is 107 Å². The molecule has 1 unspecified atom stereocenters. The lowest BCUT2D eigenvalue weighted by atomic mass is 9.90. The number of rotatable bonds is 3. The molecular weight excluding hydrogens is 230 g/mol. The predicted octanol–water partition coefficient (Wildman–Crippen LogP) is 1.03. The van der Waals surface area contributed by atoms with E-state index in [-0.39, 0.29) is 11.3 Å². The molecule has 5 heteroatoms. The van der Waals surface area contributed by atoms with E-state index in [1.165, 1.54) is 0 Å². The predicted molar refractivity (Wildman–Crippen MR) is 68.0 cm³/mol. The highest BCUT2D eigenvalue weighted by Crippen LogP contribution is 2.29. The molecule has 1 aromatic heterocycles. The van der Waals surface area contributed by atoms with Crippen molar-refractivity contribution < 1.29 is 9.32 Å². The molecule has 100 valence electrons. The number of carbonyl (C=O) groups is 1. The van der Waals surface area contributed by atoms with Gasteiger partial charge >= 0.3 is 0 Å². The van der Waals surface area contributed by atoms with Gasteiger partial charge in [-0.2, -0.15) is 0 Å². The van der Waals surface area contributed by atoms with Crippen LogP contribution in [0.1, 0.15) is 30.4 Å². The molecule has 5 nitrogen and oxygen atoms in total. The van der Waals surface area contributed by atoms with Crippen LogP contribution in [-0.2, 0) is 11.2 Å². The van der Waals surface area contributed by atoms with Crippen molar-refractivity contribution in [2.24, 2.45) is 11.1 Å². The van der Waals surface area contributed by atoms with E-state index in [0.717, 1.165) is 36.5 Å². The average molecular weight is 251 g/mol. The molecule has 18 heavy (non-hydrogen) atoms. The van der Waals surface area contributed by atoms with Crippen LogP contribution in [0.2, 0.25) is 0 Å². The molecule has 1 saturated heterocycles. The monoisotopic (exact) mass is 251 g/mol. The zero-order valence-electron chi connectivity index (χ0n) is 11.3. The van der Waals surface area contributed by atoms with Crippen LogP contribution in [-0.4, -0.2) is 35.6 Å². The minimum absolute atomic E-state index is 0.0778. The van der Waals surface area contributed by atoms with E-state index in [2.05, 4.69) is 12.1 Å². The summed E-state index contributed by atoms with van der Waals surface area (Å²) in [5.74, 6) is 0.878. The van der Waals surface area contributed by atoms with Gasteiger partial charge in [0.05, 0.1) is 12.1 Å². The van der Waals surface area contributed by atoms with Gasteiger partial charge in [-0.1, -0.05) is 12.1 Å². The lowest BCUT2D eigenvalue weighted by Gasteiger charge is -2.22. The first-order valence-corrected chi connectivity index (χ1v) is 6.35. The lowest BCUT2D eigenvalue weighted by Crippen LogP contribution is -2.35. The third-order valence-corrected chi connectivity index (χ3v) is 3.91. The maximum Gasteiger partial charge on any atom is 0.227 e. The summed E-state index contributed by atoms with van der Waals surface area (Å²) < 4.78 is 5.08. The van der Waals surface area contributed by atoms with Crippen molar-refractivity contribution in [3.05, 3.63) is 17.0 Å². The van der Waals surface area contributed by atoms with E-state index in [0.29, 0.717) is 13.0 Å². The lowest BCUT2D eigenvalue weighted by molar-refractivity contribution is -0.129. The van der Waals surface area contributed by atoms with Gasteiger partial charge in [0, 0.05) is 18.7 Å². The van der Waals surface area contributed by atoms with Crippen LogP contribution in [0, 0.1) is 19.3 Å². The number of carbonyl (C=O) groups excluding carboxylic acids is 1. The van der Waals surface area contributed by atoms with Crippen LogP contribution in [0.3, 0.4) is 0 Å². The Morgan fingerprint density at radius 3 is 2.78 bits per heavy atom. The van der Waals surface area contributed by atoms with Crippen molar-refractivity contribution in [3.63, 3.8) is 0 Å². The molecule has 0 aliphatic carbocycles. The zero-order valence-corrected chi connectivity index (χ0v) is 11.3. The second-order valence-electron chi connectivity index (χ2n) is 5.56. The summed E-state index contributed by atoms with van der Waals surface area (Å²) in [6.45, 7) is 8.03. The van der Waals surface area contributed by atoms with Crippen molar-refractivity contribution in [1.82, 2.24) is 10.1 Å². The highest BCUT2D eigenvalue weighted by atomic mass is 16.5. The van der Waals surface area contributed by atoms with E-state index in [1.54, 1.807) is 0 Å². The SMILES string of the molecule is Cc1noc(C)c1CC(=O)N1CCC(C)(CN)C1. The van der Waals surface area contributed by atoms with Gasteiger partial charge in [0.25, 0.3) is 0 Å². The van der Waals surface area contributed by atoms with Gasteiger partial charge in [0.1, 0.15) is 5.76 Å². The van der Waals surface area contributed by atoms with Crippen molar-refractivity contribution in [2.75, 3.05) is 19.6 Å². The third-order valence-electron chi connectivity index (χ3n) is 3.91. The molecule has 0 saturated carbocycles. The van der Waals surface area contributed by atoms with E-state index in [9.17, 15) is 4.79 Å². The van der Waals surface area contributed by atoms with Gasteiger partial charge in [0.2, 0.25) is 5.91 Å². The summed E-state index contributed by atoms with van der Waals surface area (Å²) in [4.78, 5) is 14.1. The molecule has 1 atom stereocenters. The number of aromatic nitrogens is 1. The molecule has 0 spiro atoms. The van der Waals surface area contributed by atoms with Gasteiger partial charge < -0.3 is 15.2 Å². The standard InChI is InChI=1S/C13H21N3O2/c1-9-11(10(2)18-15-9)6-12(17)16-5-4-13(3,7-14)8-16/h4-8,14H2,1-3H3. The number of likely N-dealkylation sites (tertiary alicyclic amines) is 1. The summed E-state index contributed by atoms with van der Waals surface area (Å²) in [6, 6.07) is 0. The molecule has 1 amide bonds. The van der Waals surface area contributed by atoms with Crippen LogP contribution < -0.4 is 5.73 Å². The Bertz CT molecular complexity index is 436. The summed E-state index contributed by atoms with van der Waals surface area (Å²) >= 11 is 0. The molecule has 0 bridgehead atoms. The summed E-state index contributed by atoms with van der Waals surface area (Å²) in [5.41, 5.74) is 7.55. The third kappa shape index (κ3) is 2.41. The summed E-state index contributed by atoms with van der Waals surface area (Å²) in [7, 11) is 0. The molecule has 0 aromatic carbocycles.